The van der Waals surface area contributed by atoms with Crippen LogP contribution in [0.15, 0.2) is 54.6 Å². The normalized spacial score (nSPS) is 11.8. The number of rotatable bonds is 6. The summed E-state index contributed by atoms with van der Waals surface area (Å²) in [6, 6.07) is 17.1. The van der Waals surface area contributed by atoms with Gasteiger partial charge in [-0.2, -0.15) is 0 Å². The van der Waals surface area contributed by atoms with E-state index in [1.54, 1.807) is 7.11 Å². The summed E-state index contributed by atoms with van der Waals surface area (Å²) in [5.41, 5.74) is 1.76. The number of urea groups is 1. The summed E-state index contributed by atoms with van der Waals surface area (Å²) < 4.78 is 5.26. The quantitative estimate of drug-likeness (QED) is 0.818. The number of para-hydroxylation sites is 2. The number of ether oxygens (including phenoxy) is 1. The van der Waals surface area contributed by atoms with Crippen LogP contribution in [0.2, 0.25) is 0 Å². The molecule has 0 unspecified atom stereocenters. The van der Waals surface area contributed by atoms with Crippen LogP contribution in [0.25, 0.3) is 0 Å². The maximum absolute atomic E-state index is 12.4. The Labute approximate surface area is 137 Å². The van der Waals surface area contributed by atoms with Gasteiger partial charge in [0.2, 0.25) is 0 Å². The Kier molecular flexibility index (Phi) is 6.03. The van der Waals surface area contributed by atoms with Gasteiger partial charge in [0.1, 0.15) is 5.75 Å². The summed E-state index contributed by atoms with van der Waals surface area (Å²) in [5, 5.41) is 5.92. The molecular weight excluding hydrogens is 288 g/mol. The van der Waals surface area contributed by atoms with Crippen LogP contribution >= 0.6 is 0 Å². The van der Waals surface area contributed by atoms with Gasteiger partial charge in [0.25, 0.3) is 0 Å². The van der Waals surface area contributed by atoms with E-state index in [4.69, 9.17) is 4.74 Å². The van der Waals surface area contributed by atoms with E-state index in [1.165, 1.54) is 0 Å². The zero-order chi connectivity index (χ0) is 16.7. The molecule has 2 amide bonds. The Morgan fingerprint density at radius 3 is 2.35 bits per heavy atom. The van der Waals surface area contributed by atoms with E-state index in [-0.39, 0.29) is 12.1 Å². The fourth-order valence-corrected chi connectivity index (χ4v) is 2.50. The lowest BCUT2D eigenvalue weighted by Gasteiger charge is -2.21. The zero-order valence-electron chi connectivity index (χ0n) is 13.9. The highest BCUT2D eigenvalue weighted by Crippen LogP contribution is 2.24. The van der Waals surface area contributed by atoms with Gasteiger partial charge in [-0.3, -0.25) is 0 Å². The lowest BCUT2D eigenvalue weighted by Crippen LogP contribution is -2.33. The molecule has 4 heteroatoms. The van der Waals surface area contributed by atoms with E-state index < -0.39 is 0 Å². The molecule has 2 aromatic rings. The number of anilines is 1. The standard InChI is InChI=1S/C19H24N2O2/c1-14(2)13-17(15-9-5-4-6-10-15)21-19(22)20-16-11-7-8-12-18(16)23-3/h4-12,14,17H,13H2,1-3H3,(H2,20,21,22)/t17-/m1/s1. The van der Waals surface area contributed by atoms with Gasteiger partial charge in [0.15, 0.2) is 0 Å². The van der Waals surface area contributed by atoms with Crippen LogP contribution in [0.5, 0.6) is 5.75 Å². The maximum Gasteiger partial charge on any atom is 0.319 e. The Bertz CT molecular complexity index is 626. The first-order valence-corrected chi connectivity index (χ1v) is 7.85. The molecule has 0 bridgehead atoms. The lowest BCUT2D eigenvalue weighted by atomic mass is 9.97. The third-order valence-corrected chi connectivity index (χ3v) is 3.57. The van der Waals surface area contributed by atoms with E-state index in [0.29, 0.717) is 17.4 Å². The highest BCUT2D eigenvalue weighted by atomic mass is 16.5. The molecule has 2 aromatic carbocycles. The summed E-state index contributed by atoms with van der Waals surface area (Å²) in [4.78, 5) is 12.4. The second-order valence-electron chi connectivity index (χ2n) is 5.89. The molecule has 0 heterocycles. The van der Waals surface area contributed by atoms with E-state index >= 15 is 0 Å². The average Bonchev–Trinajstić information content (AvgIpc) is 2.55. The van der Waals surface area contributed by atoms with Crippen molar-refractivity contribution >= 4 is 11.7 Å². The number of nitrogens with one attached hydrogen (secondary N) is 2. The molecule has 2 rings (SSSR count). The van der Waals surface area contributed by atoms with E-state index in [1.807, 2.05) is 54.6 Å². The molecule has 0 aliphatic carbocycles. The highest BCUT2D eigenvalue weighted by molar-refractivity contribution is 5.91. The number of methoxy groups -OCH3 is 1. The molecular formula is C19H24N2O2. The van der Waals surface area contributed by atoms with Gasteiger partial charge in [-0.05, 0) is 30.0 Å². The third-order valence-electron chi connectivity index (χ3n) is 3.57. The van der Waals surface area contributed by atoms with Gasteiger partial charge in [-0.25, -0.2) is 4.79 Å². The maximum atomic E-state index is 12.4. The van der Waals surface area contributed by atoms with Crippen molar-refractivity contribution in [2.24, 2.45) is 5.92 Å². The number of hydrogen-bond donors (Lipinski definition) is 2. The van der Waals surface area contributed by atoms with Crippen LogP contribution in [0.4, 0.5) is 10.5 Å². The van der Waals surface area contributed by atoms with Crippen molar-refractivity contribution in [3.05, 3.63) is 60.2 Å². The predicted octanol–water partition coefficient (Wildman–Crippen LogP) is 4.60. The molecule has 122 valence electrons. The van der Waals surface area contributed by atoms with Crippen LogP contribution in [0, 0.1) is 5.92 Å². The SMILES string of the molecule is COc1ccccc1NC(=O)N[C@H](CC(C)C)c1ccccc1. The molecule has 0 aromatic heterocycles. The Morgan fingerprint density at radius 2 is 1.70 bits per heavy atom. The Hall–Kier alpha value is -2.49. The van der Waals surface area contributed by atoms with Crippen molar-refractivity contribution in [3.8, 4) is 5.75 Å². The molecule has 0 aliphatic heterocycles. The van der Waals surface area contributed by atoms with Gasteiger partial charge in [0.05, 0.1) is 18.8 Å². The number of carbonyl (C=O) groups excluding carboxylic acids is 1. The van der Waals surface area contributed by atoms with Gasteiger partial charge < -0.3 is 15.4 Å². The fraction of sp³-hybridized carbons (Fsp3) is 0.316. The van der Waals surface area contributed by atoms with E-state index in [0.717, 1.165) is 12.0 Å². The molecule has 0 saturated heterocycles. The monoisotopic (exact) mass is 312 g/mol. The molecule has 2 N–H and O–H groups in total. The summed E-state index contributed by atoms with van der Waals surface area (Å²) in [6.07, 6.45) is 0.878. The molecule has 0 fully saturated rings. The van der Waals surface area contributed by atoms with Gasteiger partial charge in [-0.15, -0.1) is 0 Å². The van der Waals surface area contributed by atoms with E-state index in [2.05, 4.69) is 24.5 Å². The molecule has 0 spiro atoms. The first-order valence-electron chi connectivity index (χ1n) is 7.85. The van der Waals surface area contributed by atoms with Gasteiger partial charge in [0, 0.05) is 0 Å². The lowest BCUT2D eigenvalue weighted by molar-refractivity contribution is 0.246. The summed E-state index contributed by atoms with van der Waals surface area (Å²) in [6.45, 7) is 4.30. The Morgan fingerprint density at radius 1 is 1.04 bits per heavy atom. The van der Waals surface area contributed by atoms with Crippen molar-refractivity contribution in [2.45, 2.75) is 26.3 Å². The van der Waals surface area contributed by atoms with Crippen molar-refractivity contribution in [3.63, 3.8) is 0 Å². The molecule has 23 heavy (non-hydrogen) atoms. The third kappa shape index (κ3) is 5.02. The first kappa shape index (κ1) is 16.9. The van der Waals surface area contributed by atoms with Crippen LogP contribution in [-0.4, -0.2) is 13.1 Å². The largest absolute Gasteiger partial charge is 0.495 e. The topological polar surface area (TPSA) is 50.4 Å². The fourth-order valence-electron chi connectivity index (χ4n) is 2.50. The molecule has 4 nitrogen and oxygen atoms in total. The number of benzene rings is 2. The highest BCUT2D eigenvalue weighted by Gasteiger charge is 2.16. The minimum absolute atomic E-state index is 0.0223. The van der Waals surface area contributed by atoms with Crippen LogP contribution in [-0.2, 0) is 0 Å². The van der Waals surface area contributed by atoms with Crippen molar-refractivity contribution < 1.29 is 9.53 Å². The summed E-state index contributed by atoms with van der Waals surface area (Å²) in [5.74, 6) is 1.12. The van der Waals surface area contributed by atoms with Crippen LogP contribution in [0.3, 0.4) is 0 Å². The minimum Gasteiger partial charge on any atom is -0.495 e. The zero-order valence-corrected chi connectivity index (χ0v) is 13.9. The van der Waals surface area contributed by atoms with E-state index in [9.17, 15) is 4.79 Å². The van der Waals surface area contributed by atoms with Crippen LogP contribution < -0.4 is 15.4 Å². The van der Waals surface area contributed by atoms with Crippen molar-refractivity contribution in [1.29, 1.82) is 0 Å². The average molecular weight is 312 g/mol. The van der Waals surface area contributed by atoms with Crippen molar-refractivity contribution in [1.82, 2.24) is 5.32 Å². The number of hydrogen-bond acceptors (Lipinski definition) is 2. The van der Waals surface area contributed by atoms with Gasteiger partial charge in [-0.1, -0.05) is 56.3 Å². The molecule has 0 saturated carbocycles. The second kappa shape index (κ2) is 8.22. The number of amides is 2. The first-order chi connectivity index (χ1) is 11.1. The minimum atomic E-state index is -0.232. The second-order valence-corrected chi connectivity index (χ2v) is 5.89. The summed E-state index contributed by atoms with van der Waals surface area (Å²) >= 11 is 0. The molecule has 0 aliphatic rings. The smallest absolute Gasteiger partial charge is 0.319 e. The van der Waals surface area contributed by atoms with Gasteiger partial charge >= 0.3 is 6.03 Å². The van der Waals surface area contributed by atoms with Crippen LogP contribution in [0.1, 0.15) is 31.9 Å². The Balaban J connectivity index is 2.08. The number of carbonyl (C=O) groups is 1. The molecule has 1 atom stereocenters. The molecule has 0 radical (unpaired) electrons. The van der Waals surface area contributed by atoms with Crippen molar-refractivity contribution in [2.75, 3.05) is 12.4 Å². The predicted molar refractivity (Wildman–Crippen MR) is 93.8 cm³/mol. The summed E-state index contributed by atoms with van der Waals surface area (Å²) in [7, 11) is 1.59.